The van der Waals surface area contributed by atoms with Crippen molar-refractivity contribution >= 4 is 11.7 Å². The molecule has 2 heterocycles. The largest absolute Gasteiger partial charge is 0.496 e. The Bertz CT molecular complexity index is 785. The van der Waals surface area contributed by atoms with Crippen LogP contribution in [0, 0.1) is 10.8 Å². The van der Waals surface area contributed by atoms with E-state index in [0.717, 1.165) is 11.3 Å². The molecule has 1 aromatic rings. The van der Waals surface area contributed by atoms with Crippen molar-refractivity contribution in [1.82, 2.24) is 10.2 Å². The van der Waals surface area contributed by atoms with Crippen LogP contribution in [0.5, 0.6) is 5.75 Å². The molecule has 0 spiro atoms. The Morgan fingerprint density at radius 2 is 2.04 bits per heavy atom. The number of rotatable bonds is 3. The minimum atomic E-state index is -0.104. The highest BCUT2D eigenvalue weighted by atomic mass is 16.5. The number of hydrogen-bond acceptors (Lipinski definition) is 4. The molecule has 0 radical (unpaired) electrons. The van der Waals surface area contributed by atoms with Crippen LogP contribution in [-0.4, -0.2) is 31.2 Å². The second-order valence-electron chi connectivity index (χ2n) is 8.46. The summed E-state index contributed by atoms with van der Waals surface area (Å²) in [5.41, 5.74) is 2.39. The lowest BCUT2D eigenvalue weighted by atomic mass is 9.71. The first kappa shape index (κ1) is 18.4. The molecule has 140 valence electrons. The number of carbonyl (C=O) groups excluding carboxylic acids is 1. The fraction of sp³-hybridized carbons (Fsp3) is 0.476. The molecule has 1 amide bonds. The normalized spacial score (nSPS) is 18.8. The van der Waals surface area contributed by atoms with Crippen LogP contribution in [-0.2, 0) is 4.74 Å². The van der Waals surface area contributed by atoms with Crippen molar-refractivity contribution < 1.29 is 14.3 Å². The lowest BCUT2D eigenvalue weighted by molar-refractivity contribution is 0.0824. The predicted octanol–water partition coefficient (Wildman–Crippen LogP) is 3.98. The zero-order valence-electron chi connectivity index (χ0n) is 16.5. The van der Waals surface area contributed by atoms with Crippen molar-refractivity contribution in [3.8, 4) is 5.75 Å². The van der Waals surface area contributed by atoms with Gasteiger partial charge < -0.3 is 14.8 Å². The number of carbonyl (C=O) groups is 1. The van der Waals surface area contributed by atoms with Gasteiger partial charge in [0.15, 0.2) is 0 Å². The second-order valence-corrected chi connectivity index (χ2v) is 8.46. The maximum absolute atomic E-state index is 13.2. The molecule has 0 saturated heterocycles. The third kappa shape index (κ3) is 3.06. The first-order chi connectivity index (χ1) is 12.2. The topological polar surface area (TPSA) is 50.8 Å². The van der Waals surface area contributed by atoms with Crippen LogP contribution in [0.25, 0.3) is 5.76 Å². The lowest BCUT2D eigenvalue weighted by Crippen LogP contribution is -2.29. The fourth-order valence-corrected chi connectivity index (χ4v) is 4.01. The smallest absolute Gasteiger partial charge is 0.263 e. The van der Waals surface area contributed by atoms with E-state index in [2.05, 4.69) is 39.9 Å². The third-order valence-electron chi connectivity index (χ3n) is 4.83. The predicted molar refractivity (Wildman–Crippen MR) is 102 cm³/mol. The molecular formula is C21H28N2O3. The molecule has 1 aromatic carbocycles. The van der Waals surface area contributed by atoms with Crippen LogP contribution in [0.1, 0.15) is 50.5 Å². The molecule has 1 N–H and O–H groups in total. The Morgan fingerprint density at radius 3 is 2.62 bits per heavy atom. The second kappa shape index (κ2) is 6.38. The van der Waals surface area contributed by atoms with Crippen molar-refractivity contribution in [2.75, 3.05) is 20.4 Å². The van der Waals surface area contributed by atoms with Gasteiger partial charge in [0.1, 0.15) is 11.5 Å². The molecule has 0 unspecified atom stereocenters. The van der Waals surface area contributed by atoms with Crippen molar-refractivity contribution in [3.05, 3.63) is 47.3 Å². The molecule has 0 fully saturated rings. The van der Waals surface area contributed by atoms with Crippen LogP contribution in [0.4, 0.5) is 0 Å². The van der Waals surface area contributed by atoms with Crippen LogP contribution in [0.15, 0.2) is 36.2 Å². The number of hydrogen-bond donors (Lipinski definition) is 1. The molecule has 2 aliphatic heterocycles. The van der Waals surface area contributed by atoms with Gasteiger partial charge in [-0.3, -0.25) is 9.69 Å². The molecule has 0 aromatic heterocycles. The zero-order valence-corrected chi connectivity index (χ0v) is 16.5. The van der Waals surface area contributed by atoms with Crippen molar-refractivity contribution in [1.29, 1.82) is 0 Å². The van der Waals surface area contributed by atoms with Gasteiger partial charge >= 0.3 is 0 Å². The number of amides is 1. The van der Waals surface area contributed by atoms with Crippen LogP contribution >= 0.6 is 0 Å². The highest BCUT2D eigenvalue weighted by Gasteiger charge is 2.42. The number of benzene rings is 1. The third-order valence-corrected chi connectivity index (χ3v) is 4.83. The zero-order chi connectivity index (χ0) is 19.1. The summed E-state index contributed by atoms with van der Waals surface area (Å²) in [6.07, 6.45) is 3.51. The highest BCUT2D eigenvalue weighted by molar-refractivity contribution is 6.02. The molecule has 0 aliphatic carbocycles. The van der Waals surface area contributed by atoms with Crippen LogP contribution in [0.3, 0.4) is 0 Å². The molecule has 5 nitrogen and oxygen atoms in total. The average Bonchev–Trinajstić information content (AvgIpc) is 3.20. The summed E-state index contributed by atoms with van der Waals surface area (Å²) in [4.78, 5) is 14.8. The summed E-state index contributed by atoms with van der Waals surface area (Å²) in [6, 6.07) is 5.68. The van der Waals surface area contributed by atoms with Gasteiger partial charge in [-0.25, -0.2) is 0 Å². The Hall–Kier alpha value is -2.43. The number of nitrogens with one attached hydrogen (secondary N) is 1. The Balaban J connectivity index is 2.22. The van der Waals surface area contributed by atoms with Gasteiger partial charge in [-0.2, -0.15) is 0 Å². The van der Waals surface area contributed by atoms with E-state index < -0.39 is 0 Å². The molecule has 26 heavy (non-hydrogen) atoms. The van der Waals surface area contributed by atoms with Gasteiger partial charge in [-0.1, -0.05) is 46.8 Å². The van der Waals surface area contributed by atoms with Crippen molar-refractivity contribution in [2.24, 2.45) is 10.8 Å². The summed E-state index contributed by atoms with van der Waals surface area (Å²) in [5, 5.41) is 3.04. The molecule has 0 bridgehead atoms. The van der Waals surface area contributed by atoms with Crippen molar-refractivity contribution in [3.63, 3.8) is 0 Å². The van der Waals surface area contributed by atoms with Crippen LogP contribution < -0.4 is 10.1 Å². The van der Waals surface area contributed by atoms with Gasteiger partial charge in [0.2, 0.25) is 0 Å². The summed E-state index contributed by atoms with van der Waals surface area (Å²) in [5.74, 6) is 1.26. The molecule has 5 heteroatoms. The minimum absolute atomic E-state index is 0.0756. The summed E-state index contributed by atoms with van der Waals surface area (Å²) in [6.45, 7) is 12.0. The quantitative estimate of drug-likeness (QED) is 0.890. The summed E-state index contributed by atoms with van der Waals surface area (Å²) < 4.78 is 11.7. The number of methoxy groups -OCH3 is 1. The first-order valence-corrected chi connectivity index (χ1v) is 8.93. The lowest BCUT2D eigenvalue weighted by Gasteiger charge is -2.31. The van der Waals surface area contributed by atoms with Gasteiger partial charge in [0, 0.05) is 23.4 Å². The van der Waals surface area contributed by atoms with Gasteiger partial charge in [0.05, 0.1) is 25.9 Å². The SMILES string of the molecule is COc1cccc(C2=C(C(C)(C)C)C(C)(C)CO2)c1C(=O)N1C=CNC1. The monoisotopic (exact) mass is 356 g/mol. The number of ether oxygens (including phenoxy) is 2. The first-order valence-electron chi connectivity index (χ1n) is 8.93. The van der Waals surface area contributed by atoms with Crippen LogP contribution in [0.2, 0.25) is 0 Å². The average molecular weight is 356 g/mol. The van der Waals surface area contributed by atoms with E-state index in [1.54, 1.807) is 24.4 Å². The Morgan fingerprint density at radius 1 is 1.31 bits per heavy atom. The van der Waals surface area contributed by atoms with E-state index in [4.69, 9.17) is 9.47 Å². The summed E-state index contributed by atoms with van der Waals surface area (Å²) in [7, 11) is 1.59. The maximum atomic E-state index is 13.2. The minimum Gasteiger partial charge on any atom is -0.496 e. The maximum Gasteiger partial charge on any atom is 0.263 e. The van der Waals surface area contributed by atoms with Gasteiger partial charge in [0.25, 0.3) is 5.91 Å². The Kier molecular flexibility index (Phi) is 4.51. The van der Waals surface area contributed by atoms with E-state index in [0.29, 0.717) is 24.6 Å². The fourth-order valence-electron chi connectivity index (χ4n) is 4.01. The Labute approximate surface area is 155 Å². The molecule has 2 aliphatic rings. The molecule has 3 rings (SSSR count). The van der Waals surface area contributed by atoms with Crippen molar-refractivity contribution in [2.45, 2.75) is 34.6 Å². The summed E-state index contributed by atoms with van der Waals surface area (Å²) >= 11 is 0. The standard InChI is InChI=1S/C21H28N2O3/c1-20(2,3)18-17(26-12-21(18,4)5)14-8-7-9-15(25-6)16(14)19(24)23-11-10-22-13-23/h7-11,22H,12-13H2,1-6H3. The molecule has 0 atom stereocenters. The highest BCUT2D eigenvalue weighted by Crippen LogP contribution is 2.50. The van der Waals surface area contributed by atoms with Gasteiger partial charge in [-0.15, -0.1) is 0 Å². The van der Waals surface area contributed by atoms with Gasteiger partial charge in [-0.05, 0) is 17.1 Å². The molecule has 0 saturated carbocycles. The molecular weight excluding hydrogens is 328 g/mol. The van der Waals surface area contributed by atoms with E-state index in [1.165, 1.54) is 5.57 Å². The van der Waals surface area contributed by atoms with E-state index in [1.807, 2.05) is 18.2 Å². The van der Waals surface area contributed by atoms with E-state index in [9.17, 15) is 4.79 Å². The number of nitrogens with zero attached hydrogens (tertiary/aromatic N) is 1. The van der Waals surface area contributed by atoms with E-state index >= 15 is 0 Å². The van der Waals surface area contributed by atoms with E-state index in [-0.39, 0.29) is 16.7 Å².